The van der Waals surface area contributed by atoms with E-state index in [1.54, 1.807) is 12.1 Å². The third-order valence-corrected chi connectivity index (χ3v) is 1.49. The molecule has 0 fully saturated rings. The van der Waals surface area contributed by atoms with Crippen molar-refractivity contribution >= 4 is 17.9 Å². The van der Waals surface area contributed by atoms with E-state index in [0.717, 1.165) is 6.34 Å². The largest absolute Gasteiger partial charge is 0.408 e. The number of amides is 1. The highest BCUT2D eigenvalue weighted by Crippen LogP contribution is 2.18. The van der Waals surface area contributed by atoms with Crippen molar-refractivity contribution in [2.45, 2.75) is 0 Å². The van der Waals surface area contributed by atoms with Crippen LogP contribution in [0.5, 0.6) is 0 Å². The van der Waals surface area contributed by atoms with Gasteiger partial charge in [-0.25, -0.2) is 9.78 Å². The lowest BCUT2D eigenvalue weighted by Crippen LogP contribution is -2.20. The van der Waals surface area contributed by atoms with Gasteiger partial charge in [0.25, 0.3) is 0 Å². The van der Waals surface area contributed by atoms with E-state index < -0.39 is 5.91 Å². The van der Waals surface area contributed by atoms with Crippen LogP contribution >= 0.6 is 0 Å². The van der Waals surface area contributed by atoms with Gasteiger partial charge in [0.1, 0.15) is 0 Å². The van der Waals surface area contributed by atoms with Crippen molar-refractivity contribution in [3.8, 4) is 0 Å². The topological polar surface area (TPSA) is 62.4 Å². The summed E-state index contributed by atoms with van der Waals surface area (Å²) in [5.41, 5.74) is 0.546. The standard InChI is InChI=1S/C7H4N3O2/c11-7-6-5(2-1-3-8-6)9-4-10(7)12/h1-4H/q+1. The van der Waals surface area contributed by atoms with E-state index in [2.05, 4.69) is 9.98 Å². The van der Waals surface area contributed by atoms with Gasteiger partial charge in [-0.3, -0.25) is 0 Å². The summed E-state index contributed by atoms with van der Waals surface area (Å²) in [6.45, 7) is 0. The quantitative estimate of drug-likeness (QED) is 0.527. The molecule has 1 aromatic heterocycles. The Labute approximate surface area is 67.3 Å². The number of fused-ring (bicyclic) bond motifs is 1. The summed E-state index contributed by atoms with van der Waals surface area (Å²) < 4.78 is 0.162. The molecule has 1 aliphatic heterocycles. The maximum Gasteiger partial charge on any atom is 0.408 e. The van der Waals surface area contributed by atoms with Crippen LogP contribution in [0.1, 0.15) is 10.5 Å². The Morgan fingerprint density at radius 2 is 2.25 bits per heavy atom. The van der Waals surface area contributed by atoms with E-state index in [-0.39, 0.29) is 10.5 Å². The second-order valence-electron chi connectivity index (χ2n) is 2.25. The molecule has 1 aliphatic rings. The number of carbonyl (C=O) groups excluding carboxylic acids is 1. The molecule has 0 N–H and O–H groups in total. The SMILES string of the molecule is O=C1c2ncccc2N=C[N+]1=O. The van der Waals surface area contributed by atoms with Gasteiger partial charge < -0.3 is 0 Å². The summed E-state index contributed by atoms with van der Waals surface area (Å²) in [6, 6.07) is 3.29. The fraction of sp³-hybridized carbons (Fsp3) is 0. The molecule has 2 heterocycles. The molecule has 5 nitrogen and oxygen atoms in total. The molecule has 2 rings (SSSR count). The monoisotopic (exact) mass is 162 g/mol. The van der Waals surface area contributed by atoms with Crippen molar-refractivity contribution in [3.05, 3.63) is 28.9 Å². The van der Waals surface area contributed by atoms with Gasteiger partial charge in [-0.15, -0.1) is 0 Å². The molecular formula is C7H4N3O2+. The fourth-order valence-corrected chi connectivity index (χ4v) is 0.937. The smallest absolute Gasteiger partial charge is 0.245 e. The third kappa shape index (κ3) is 0.833. The molecule has 5 heteroatoms. The first-order valence-corrected chi connectivity index (χ1v) is 3.29. The normalized spacial score (nSPS) is 14.7. The predicted molar refractivity (Wildman–Crippen MR) is 40.3 cm³/mol. The Balaban J connectivity index is 2.67. The van der Waals surface area contributed by atoms with Crippen LogP contribution in [-0.4, -0.2) is 22.0 Å². The molecule has 0 aliphatic carbocycles. The summed E-state index contributed by atoms with van der Waals surface area (Å²) in [6.07, 6.45) is 2.39. The van der Waals surface area contributed by atoms with Crippen molar-refractivity contribution < 1.29 is 9.55 Å². The molecule has 58 valence electrons. The molecular weight excluding hydrogens is 158 g/mol. The van der Waals surface area contributed by atoms with Gasteiger partial charge in [0.05, 0.1) is 4.76 Å². The Morgan fingerprint density at radius 3 is 3.08 bits per heavy atom. The zero-order chi connectivity index (χ0) is 8.55. The second-order valence-corrected chi connectivity index (χ2v) is 2.25. The minimum atomic E-state index is -0.666. The average molecular weight is 162 g/mol. The average Bonchev–Trinajstić information content (AvgIpc) is 2.12. The van der Waals surface area contributed by atoms with E-state index in [0.29, 0.717) is 5.69 Å². The Kier molecular flexibility index (Phi) is 1.30. The van der Waals surface area contributed by atoms with Crippen molar-refractivity contribution in [3.63, 3.8) is 0 Å². The van der Waals surface area contributed by atoms with Crippen molar-refractivity contribution in [2.24, 2.45) is 4.99 Å². The van der Waals surface area contributed by atoms with Crippen molar-refractivity contribution in [1.29, 1.82) is 0 Å². The molecule has 0 radical (unpaired) electrons. The Morgan fingerprint density at radius 1 is 1.42 bits per heavy atom. The summed E-state index contributed by atoms with van der Waals surface area (Å²) in [4.78, 5) is 29.3. The number of aliphatic imine (C=N–C) groups is 1. The van der Waals surface area contributed by atoms with E-state index in [9.17, 15) is 9.70 Å². The zero-order valence-electron chi connectivity index (χ0n) is 5.97. The highest BCUT2D eigenvalue weighted by molar-refractivity contribution is 5.96. The summed E-state index contributed by atoms with van der Waals surface area (Å²) in [5.74, 6) is -0.666. The zero-order valence-corrected chi connectivity index (χ0v) is 5.97. The number of nitrogens with zero attached hydrogens (tertiary/aromatic N) is 3. The van der Waals surface area contributed by atoms with E-state index in [4.69, 9.17) is 0 Å². The molecule has 1 aromatic rings. The van der Waals surface area contributed by atoms with E-state index in [1.807, 2.05) is 0 Å². The predicted octanol–water partition coefficient (Wildman–Crippen LogP) is 0.674. The number of hydrogen-bond donors (Lipinski definition) is 0. The van der Waals surface area contributed by atoms with Crippen LogP contribution in [0.15, 0.2) is 23.3 Å². The minimum Gasteiger partial charge on any atom is -0.245 e. The van der Waals surface area contributed by atoms with Crippen LogP contribution < -0.4 is 0 Å². The first-order valence-electron chi connectivity index (χ1n) is 3.29. The van der Waals surface area contributed by atoms with E-state index >= 15 is 0 Å². The highest BCUT2D eigenvalue weighted by atomic mass is 16.3. The number of rotatable bonds is 0. The van der Waals surface area contributed by atoms with Crippen LogP contribution in [0.4, 0.5) is 5.69 Å². The van der Waals surface area contributed by atoms with Crippen molar-refractivity contribution in [2.75, 3.05) is 0 Å². The van der Waals surface area contributed by atoms with Gasteiger partial charge in [0.15, 0.2) is 0 Å². The van der Waals surface area contributed by atoms with Crippen LogP contribution in [0.25, 0.3) is 0 Å². The van der Waals surface area contributed by atoms with Gasteiger partial charge >= 0.3 is 12.2 Å². The molecule has 0 spiro atoms. The van der Waals surface area contributed by atoms with Crippen LogP contribution in [0.2, 0.25) is 0 Å². The number of hydrogen-bond acceptors (Lipinski definition) is 4. The minimum absolute atomic E-state index is 0.106. The van der Waals surface area contributed by atoms with Crippen molar-refractivity contribution in [1.82, 2.24) is 4.98 Å². The molecule has 0 saturated heterocycles. The molecule has 0 bridgehead atoms. The number of aromatic nitrogens is 1. The molecule has 0 saturated carbocycles. The lowest BCUT2D eigenvalue weighted by molar-refractivity contribution is -0.316. The van der Waals surface area contributed by atoms with Gasteiger partial charge in [0, 0.05) is 6.20 Å². The van der Waals surface area contributed by atoms with E-state index in [1.165, 1.54) is 6.20 Å². The lowest BCUT2D eigenvalue weighted by Gasteiger charge is -1.96. The molecule has 12 heavy (non-hydrogen) atoms. The van der Waals surface area contributed by atoms with Gasteiger partial charge in [-0.05, 0) is 17.1 Å². The third-order valence-electron chi connectivity index (χ3n) is 1.49. The fourth-order valence-electron chi connectivity index (χ4n) is 0.937. The molecule has 0 atom stereocenters. The van der Waals surface area contributed by atoms with Crippen LogP contribution in [-0.2, 0) is 0 Å². The van der Waals surface area contributed by atoms with Crippen LogP contribution in [0.3, 0.4) is 0 Å². The maximum absolute atomic E-state index is 11.1. The molecule has 0 aromatic carbocycles. The number of pyridine rings is 1. The lowest BCUT2D eigenvalue weighted by atomic mass is 10.2. The first kappa shape index (κ1) is 6.78. The molecule has 1 amide bonds. The number of carbonyl (C=O) groups is 1. The summed E-state index contributed by atoms with van der Waals surface area (Å²) in [7, 11) is 0. The summed E-state index contributed by atoms with van der Waals surface area (Å²) in [5, 5.41) is 0. The number of nitroso groups, excluding NO2 is 1. The summed E-state index contributed by atoms with van der Waals surface area (Å²) >= 11 is 0. The second kappa shape index (κ2) is 2.30. The van der Waals surface area contributed by atoms with Crippen LogP contribution in [0, 0.1) is 4.91 Å². The first-order chi connectivity index (χ1) is 5.79. The van der Waals surface area contributed by atoms with Gasteiger partial charge in [-0.1, -0.05) is 4.91 Å². The Hall–Kier alpha value is -1.91. The van der Waals surface area contributed by atoms with Gasteiger partial charge in [-0.2, -0.15) is 0 Å². The molecule has 0 unspecified atom stereocenters. The van der Waals surface area contributed by atoms with Gasteiger partial charge in [0.2, 0.25) is 11.4 Å². The maximum atomic E-state index is 11.1. The Bertz CT molecular complexity index is 397. The highest BCUT2D eigenvalue weighted by Gasteiger charge is 2.29.